The summed E-state index contributed by atoms with van der Waals surface area (Å²) in [7, 11) is 3.89. The Morgan fingerprint density at radius 3 is 2.56 bits per heavy atom. The second kappa shape index (κ2) is 6.58. The summed E-state index contributed by atoms with van der Waals surface area (Å²) < 4.78 is 4.33. The van der Waals surface area contributed by atoms with E-state index >= 15 is 0 Å². The van der Waals surface area contributed by atoms with Crippen LogP contribution in [-0.4, -0.2) is 32.0 Å². The van der Waals surface area contributed by atoms with Crippen LogP contribution in [0.25, 0.3) is 21.9 Å². The lowest BCUT2D eigenvalue weighted by molar-refractivity contribution is 0.0771. The summed E-state index contributed by atoms with van der Waals surface area (Å²) in [5.41, 5.74) is 4.98. The Labute approximate surface area is 158 Å². The molecule has 5 heteroatoms. The molecule has 1 amide bonds. The van der Waals surface area contributed by atoms with Gasteiger partial charge in [-0.05, 0) is 38.1 Å². The molecule has 0 spiro atoms. The van der Waals surface area contributed by atoms with E-state index in [-0.39, 0.29) is 11.9 Å². The van der Waals surface area contributed by atoms with Gasteiger partial charge < -0.3 is 14.0 Å². The maximum Gasteiger partial charge on any atom is 0.270 e. The molecule has 0 radical (unpaired) electrons. The molecule has 0 bridgehead atoms. The Morgan fingerprint density at radius 2 is 1.85 bits per heavy atom. The Kier molecular flexibility index (Phi) is 4.22. The molecule has 3 heterocycles. The largest absolute Gasteiger partial charge is 0.342 e. The minimum atomic E-state index is 0.00892. The van der Waals surface area contributed by atoms with E-state index in [0.717, 1.165) is 22.4 Å². The highest BCUT2D eigenvalue weighted by atomic mass is 16.2. The van der Waals surface area contributed by atoms with Crippen LogP contribution in [0.15, 0.2) is 54.7 Å². The average Bonchev–Trinajstić information content (AvgIpc) is 3.19. The maximum atomic E-state index is 13.3. The number of aromatic nitrogens is 3. The van der Waals surface area contributed by atoms with Crippen molar-refractivity contribution in [2.75, 3.05) is 7.05 Å². The number of para-hydroxylation sites is 1. The molecule has 0 N–H and O–H groups in total. The monoisotopic (exact) mass is 360 g/mol. The molecule has 0 aliphatic carbocycles. The first-order chi connectivity index (χ1) is 13.0. The van der Waals surface area contributed by atoms with E-state index in [1.807, 2.05) is 43.4 Å². The zero-order valence-corrected chi connectivity index (χ0v) is 16.2. The van der Waals surface area contributed by atoms with Crippen LogP contribution < -0.4 is 0 Å². The van der Waals surface area contributed by atoms with Gasteiger partial charge in [0.05, 0.1) is 28.8 Å². The molecule has 4 aromatic rings. The minimum Gasteiger partial charge on any atom is -0.342 e. The standard InChI is InChI=1S/C22H24N4O/c1-15(2)26-20(22(27)24(3)14-16-9-7-8-12-23-16)13-19-21(26)17-10-5-6-11-18(17)25(19)4/h5-13,15H,14H2,1-4H3. The van der Waals surface area contributed by atoms with Crippen molar-refractivity contribution in [2.24, 2.45) is 7.05 Å². The van der Waals surface area contributed by atoms with E-state index in [2.05, 4.69) is 47.1 Å². The number of rotatable bonds is 4. The van der Waals surface area contributed by atoms with Gasteiger partial charge in [-0.2, -0.15) is 0 Å². The lowest BCUT2D eigenvalue weighted by Crippen LogP contribution is -2.29. The van der Waals surface area contributed by atoms with E-state index in [4.69, 9.17) is 0 Å². The summed E-state index contributed by atoms with van der Waals surface area (Å²) in [6.07, 6.45) is 1.75. The zero-order chi connectivity index (χ0) is 19.1. The fourth-order valence-electron chi connectivity index (χ4n) is 3.83. The fourth-order valence-corrected chi connectivity index (χ4v) is 3.83. The van der Waals surface area contributed by atoms with Gasteiger partial charge in [0.25, 0.3) is 5.91 Å². The molecule has 27 heavy (non-hydrogen) atoms. The van der Waals surface area contributed by atoms with Gasteiger partial charge in [0.2, 0.25) is 0 Å². The predicted octanol–water partition coefficient (Wildman–Crippen LogP) is 4.38. The van der Waals surface area contributed by atoms with E-state index in [1.165, 1.54) is 10.9 Å². The Morgan fingerprint density at radius 1 is 1.11 bits per heavy atom. The van der Waals surface area contributed by atoms with E-state index in [9.17, 15) is 4.79 Å². The number of fused-ring (bicyclic) bond motifs is 3. The summed E-state index contributed by atoms with van der Waals surface area (Å²) in [5, 5.41) is 1.18. The van der Waals surface area contributed by atoms with Gasteiger partial charge in [-0.15, -0.1) is 0 Å². The van der Waals surface area contributed by atoms with Crippen LogP contribution in [-0.2, 0) is 13.6 Å². The van der Waals surface area contributed by atoms with Gasteiger partial charge in [0.1, 0.15) is 5.69 Å². The van der Waals surface area contributed by atoms with Gasteiger partial charge in [-0.1, -0.05) is 24.3 Å². The quantitative estimate of drug-likeness (QED) is 0.542. The van der Waals surface area contributed by atoms with Crippen molar-refractivity contribution in [3.63, 3.8) is 0 Å². The van der Waals surface area contributed by atoms with Crippen molar-refractivity contribution in [3.8, 4) is 0 Å². The first-order valence-electron chi connectivity index (χ1n) is 9.22. The van der Waals surface area contributed by atoms with Crippen LogP contribution in [0, 0.1) is 0 Å². The summed E-state index contributed by atoms with van der Waals surface area (Å²) >= 11 is 0. The number of pyridine rings is 1. The number of hydrogen-bond donors (Lipinski definition) is 0. The third-order valence-corrected chi connectivity index (χ3v) is 5.11. The second-order valence-electron chi connectivity index (χ2n) is 7.29. The van der Waals surface area contributed by atoms with Gasteiger partial charge in [0, 0.05) is 31.7 Å². The van der Waals surface area contributed by atoms with Crippen LogP contribution in [0.1, 0.15) is 36.1 Å². The summed E-state index contributed by atoms with van der Waals surface area (Å²) in [5.74, 6) is 0.00892. The molecule has 4 rings (SSSR count). The van der Waals surface area contributed by atoms with E-state index in [1.54, 1.807) is 11.1 Å². The van der Waals surface area contributed by atoms with Gasteiger partial charge in [0.15, 0.2) is 0 Å². The molecule has 0 unspecified atom stereocenters. The lowest BCUT2D eigenvalue weighted by atomic mass is 10.2. The smallest absolute Gasteiger partial charge is 0.270 e. The van der Waals surface area contributed by atoms with Crippen LogP contribution >= 0.6 is 0 Å². The normalized spacial score (nSPS) is 11.6. The number of hydrogen-bond acceptors (Lipinski definition) is 2. The number of carbonyl (C=O) groups excluding carboxylic acids is 1. The molecule has 0 fully saturated rings. The lowest BCUT2D eigenvalue weighted by Gasteiger charge is -2.20. The third kappa shape index (κ3) is 2.79. The van der Waals surface area contributed by atoms with Crippen molar-refractivity contribution >= 4 is 27.8 Å². The average molecular weight is 360 g/mol. The topological polar surface area (TPSA) is 43.1 Å². The van der Waals surface area contributed by atoms with Gasteiger partial charge in [-0.3, -0.25) is 9.78 Å². The fraction of sp³-hybridized carbons (Fsp3) is 0.273. The van der Waals surface area contributed by atoms with E-state index in [0.29, 0.717) is 6.54 Å². The maximum absolute atomic E-state index is 13.3. The number of benzene rings is 1. The van der Waals surface area contributed by atoms with Crippen molar-refractivity contribution in [3.05, 3.63) is 66.1 Å². The van der Waals surface area contributed by atoms with Crippen molar-refractivity contribution in [1.82, 2.24) is 19.0 Å². The highest BCUT2D eigenvalue weighted by Gasteiger charge is 2.24. The second-order valence-corrected chi connectivity index (χ2v) is 7.29. The van der Waals surface area contributed by atoms with Crippen LogP contribution in [0.2, 0.25) is 0 Å². The Balaban J connectivity index is 1.82. The van der Waals surface area contributed by atoms with Crippen molar-refractivity contribution in [2.45, 2.75) is 26.4 Å². The number of amides is 1. The number of aryl methyl sites for hydroxylation is 1. The first kappa shape index (κ1) is 17.3. The van der Waals surface area contributed by atoms with Gasteiger partial charge >= 0.3 is 0 Å². The molecule has 5 nitrogen and oxygen atoms in total. The third-order valence-electron chi connectivity index (χ3n) is 5.11. The van der Waals surface area contributed by atoms with Crippen molar-refractivity contribution in [1.29, 1.82) is 0 Å². The molecular formula is C22H24N4O. The molecule has 0 atom stereocenters. The van der Waals surface area contributed by atoms with E-state index < -0.39 is 0 Å². The number of nitrogens with zero attached hydrogens (tertiary/aromatic N) is 4. The summed E-state index contributed by atoms with van der Waals surface area (Å²) in [6, 6.07) is 16.3. The molecule has 1 aromatic carbocycles. The molecule has 0 saturated carbocycles. The summed E-state index contributed by atoms with van der Waals surface area (Å²) in [4.78, 5) is 19.3. The first-order valence-corrected chi connectivity index (χ1v) is 9.22. The molecule has 3 aromatic heterocycles. The van der Waals surface area contributed by atoms with Crippen LogP contribution in [0.3, 0.4) is 0 Å². The Hall–Kier alpha value is -3.08. The molecule has 138 valence electrons. The van der Waals surface area contributed by atoms with Crippen LogP contribution in [0.4, 0.5) is 0 Å². The molecule has 0 aliphatic rings. The molecule has 0 aliphatic heterocycles. The SMILES string of the molecule is CC(C)n1c(C(=O)N(C)Cc2ccccn2)cc2c1c1ccccc1n2C. The van der Waals surface area contributed by atoms with Crippen molar-refractivity contribution < 1.29 is 4.79 Å². The van der Waals surface area contributed by atoms with Gasteiger partial charge in [-0.25, -0.2) is 0 Å². The minimum absolute atomic E-state index is 0.00892. The summed E-state index contributed by atoms with van der Waals surface area (Å²) in [6.45, 7) is 4.73. The highest BCUT2D eigenvalue weighted by molar-refractivity contribution is 6.10. The number of carbonyl (C=O) groups is 1. The zero-order valence-electron chi connectivity index (χ0n) is 16.2. The van der Waals surface area contributed by atoms with Crippen LogP contribution in [0.5, 0.6) is 0 Å². The molecular weight excluding hydrogens is 336 g/mol. The highest BCUT2D eigenvalue weighted by Crippen LogP contribution is 2.33. The molecule has 0 saturated heterocycles. The predicted molar refractivity (Wildman–Crippen MR) is 109 cm³/mol. The Bertz CT molecular complexity index is 1120.